The average Bonchev–Trinajstić information content (AvgIpc) is 3.40. The first kappa shape index (κ1) is 34.6. The zero-order chi connectivity index (χ0) is 34.4. The lowest BCUT2D eigenvalue weighted by molar-refractivity contribution is -0.292. The minimum absolute atomic E-state index is 0.278. The summed E-state index contributed by atoms with van der Waals surface area (Å²) < 4.78 is 36.9. The van der Waals surface area contributed by atoms with Crippen LogP contribution in [-0.2, 0) is 51.1 Å². The molecule has 0 amide bonds. The van der Waals surface area contributed by atoms with Gasteiger partial charge in [-0.3, -0.25) is 14.4 Å². The van der Waals surface area contributed by atoms with Crippen molar-refractivity contribution >= 4 is 28.8 Å². The van der Waals surface area contributed by atoms with Gasteiger partial charge in [0, 0.05) is 32.4 Å². The number of carbonyl (C=O) groups excluding carboxylic acids is 3. The van der Waals surface area contributed by atoms with Gasteiger partial charge in [-0.05, 0) is 60.7 Å². The van der Waals surface area contributed by atoms with Crippen LogP contribution in [-0.4, -0.2) is 64.9 Å². The molecule has 0 bridgehead atoms. The van der Waals surface area contributed by atoms with Crippen molar-refractivity contribution in [3.05, 3.63) is 101 Å². The van der Waals surface area contributed by atoms with E-state index >= 15 is 0 Å². The smallest absolute Gasteiger partial charge is 0.303 e. The van der Waals surface area contributed by atoms with Gasteiger partial charge >= 0.3 is 17.9 Å². The Labute approximate surface area is 279 Å². The van der Waals surface area contributed by atoms with Crippen LogP contribution in [0.1, 0.15) is 56.2 Å². The van der Waals surface area contributed by atoms with E-state index < -0.39 is 54.8 Å². The zero-order valence-electron chi connectivity index (χ0n) is 27.7. The van der Waals surface area contributed by atoms with Crippen LogP contribution in [0.4, 0.5) is 0 Å². The molecule has 6 unspecified atom stereocenters. The highest BCUT2D eigenvalue weighted by molar-refractivity contribution is 5.87. The Morgan fingerprint density at radius 1 is 0.833 bits per heavy atom. The maximum atomic E-state index is 12.5. The minimum atomic E-state index is -1.32. The van der Waals surface area contributed by atoms with Crippen LogP contribution >= 0.6 is 0 Å². The van der Waals surface area contributed by atoms with Gasteiger partial charge < -0.3 is 38.1 Å². The summed E-state index contributed by atoms with van der Waals surface area (Å²) in [5, 5.41) is 11.3. The maximum Gasteiger partial charge on any atom is 0.303 e. The Hall–Kier alpha value is -4.71. The van der Waals surface area contributed by atoms with Gasteiger partial charge in [-0.25, -0.2) is 0 Å². The van der Waals surface area contributed by atoms with Gasteiger partial charge in [0.1, 0.15) is 31.2 Å². The van der Waals surface area contributed by atoms with Gasteiger partial charge in [-0.1, -0.05) is 54.6 Å². The fraction of sp³-hybridized carbons (Fsp3) is 0.378. The molecule has 11 heteroatoms. The van der Waals surface area contributed by atoms with Crippen LogP contribution in [0.2, 0.25) is 0 Å². The second kappa shape index (κ2) is 15.5. The lowest BCUT2D eigenvalue weighted by atomic mass is 9.97. The molecular weight excluding hydrogens is 618 g/mol. The van der Waals surface area contributed by atoms with E-state index in [2.05, 4.69) is 0 Å². The van der Waals surface area contributed by atoms with E-state index in [0.717, 1.165) is 38.9 Å². The second-order valence-electron chi connectivity index (χ2n) is 11.8. The lowest BCUT2D eigenvalue weighted by Crippen LogP contribution is -2.60. The molecule has 3 aromatic carbocycles. The maximum absolute atomic E-state index is 12.5. The molecule has 0 saturated carbocycles. The van der Waals surface area contributed by atoms with Gasteiger partial charge in [0.05, 0.1) is 5.52 Å². The molecule has 1 fully saturated rings. The number of rotatable bonds is 12. The van der Waals surface area contributed by atoms with Crippen molar-refractivity contribution in [2.24, 2.45) is 0 Å². The molecule has 5 rings (SSSR count). The summed E-state index contributed by atoms with van der Waals surface area (Å²) in [6, 6.07) is 23.8. The molecule has 0 aliphatic carbocycles. The number of carbonyl (C=O) groups is 3. The molecular formula is C37H41NO10. The SMILES string of the molecule is CC(=O)OCC1OC(n2cc(Cc3ccc(OCc4ccccc4)cc3)c3c(C)cccc32)C(OC(C)=O)C(OC(C)O)C1OC(C)=O. The van der Waals surface area contributed by atoms with Crippen LogP contribution < -0.4 is 4.74 Å². The highest BCUT2D eigenvalue weighted by atomic mass is 16.7. The van der Waals surface area contributed by atoms with Gasteiger partial charge in [0.15, 0.2) is 24.7 Å². The van der Waals surface area contributed by atoms with E-state index in [9.17, 15) is 19.5 Å². The highest BCUT2D eigenvalue weighted by Gasteiger charge is 2.52. The van der Waals surface area contributed by atoms with Crippen LogP contribution in [0.15, 0.2) is 79.0 Å². The predicted octanol–water partition coefficient (Wildman–Crippen LogP) is 5.17. The Morgan fingerprint density at radius 2 is 1.52 bits per heavy atom. The Balaban J connectivity index is 1.51. The molecule has 1 N–H and O–H groups in total. The third-order valence-corrected chi connectivity index (χ3v) is 8.00. The quantitative estimate of drug-likeness (QED) is 0.124. The molecule has 1 saturated heterocycles. The van der Waals surface area contributed by atoms with E-state index in [4.69, 9.17) is 28.4 Å². The van der Waals surface area contributed by atoms with E-state index in [1.807, 2.05) is 90.5 Å². The number of benzene rings is 3. The second-order valence-corrected chi connectivity index (χ2v) is 11.8. The van der Waals surface area contributed by atoms with E-state index in [-0.39, 0.29) is 6.61 Å². The van der Waals surface area contributed by atoms with Gasteiger partial charge in [-0.2, -0.15) is 0 Å². The van der Waals surface area contributed by atoms with Crippen LogP contribution in [0.25, 0.3) is 10.9 Å². The molecule has 1 aliphatic heterocycles. The molecule has 254 valence electrons. The van der Waals surface area contributed by atoms with E-state index in [1.54, 1.807) is 0 Å². The third kappa shape index (κ3) is 8.41. The van der Waals surface area contributed by atoms with Crippen molar-refractivity contribution in [1.29, 1.82) is 0 Å². The van der Waals surface area contributed by atoms with E-state index in [1.165, 1.54) is 27.7 Å². The van der Waals surface area contributed by atoms with Crippen molar-refractivity contribution < 1.29 is 47.9 Å². The Kier molecular flexibility index (Phi) is 11.2. The van der Waals surface area contributed by atoms with Gasteiger partial charge in [-0.15, -0.1) is 0 Å². The van der Waals surface area contributed by atoms with Crippen molar-refractivity contribution in [1.82, 2.24) is 4.57 Å². The summed E-state index contributed by atoms with van der Waals surface area (Å²) in [5.74, 6) is -1.09. The summed E-state index contributed by atoms with van der Waals surface area (Å²) in [6.45, 7) is 7.31. The topological polar surface area (TPSA) is 132 Å². The van der Waals surface area contributed by atoms with Gasteiger partial charge in [0.2, 0.25) is 0 Å². The normalized spacial score (nSPS) is 21.3. The molecule has 0 radical (unpaired) electrons. The number of nitrogens with zero attached hydrogens (tertiary/aromatic N) is 1. The summed E-state index contributed by atoms with van der Waals surface area (Å²) in [4.78, 5) is 36.5. The number of hydrogen-bond donors (Lipinski definition) is 1. The number of aromatic nitrogens is 1. The monoisotopic (exact) mass is 659 g/mol. The molecule has 6 atom stereocenters. The first-order chi connectivity index (χ1) is 23.0. The number of aliphatic hydroxyl groups is 1. The Morgan fingerprint density at radius 3 is 2.17 bits per heavy atom. The lowest BCUT2D eigenvalue weighted by Gasteiger charge is -2.45. The van der Waals surface area contributed by atoms with Gasteiger partial charge in [0.25, 0.3) is 0 Å². The number of aryl methyl sites for hydroxylation is 1. The molecule has 11 nitrogen and oxygen atoms in total. The summed E-state index contributed by atoms with van der Waals surface area (Å²) in [5.41, 5.74) is 4.93. The number of fused-ring (bicyclic) bond motifs is 1. The summed E-state index contributed by atoms with van der Waals surface area (Å²) in [6.07, 6.45) is -4.37. The number of esters is 3. The molecule has 1 aliphatic rings. The molecule has 4 aromatic rings. The Bertz CT molecular complexity index is 1720. The van der Waals surface area contributed by atoms with Crippen molar-refractivity contribution in [2.75, 3.05) is 6.61 Å². The fourth-order valence-electron chi connectivity index (χ4n) is 6.08. The summed E-state index contributed by atoms with van der Waals surface area (Å²) >= 11 is 0. The standard InChI is InChI=1S/C37H41NO10/c1-22-10-9-13-31-33(22)29(18-27-14-16-30(17-15-27)44-20-28-11-7-6-8-12-28)19-38(31)37-36(47-26(5)42)35(46-25(4)41)34(45-24(3)40)32(48-37)21-43-23(2)39/h6-17,19,25,32,34-37,41H,18,20-21H2,1-5H3. The molecule has 2 heterocycles. The molecule has 1 aromatic heterocycles. The number of ether oxygens (including phenoxy) is 6. The minimum Gasteiger partial charge on any atom is -0.489 e. The zero-order valence-corrected chi connectivity index (χ0v) is 27.7. The van der Waals surface area contributed by atoms with Crippen LogP contribution in [0, 0.1) is 6.92 Å². The van der Waals surface area contributed by atoms with E-state index in [0.29, 0.717) is 13.0 Å². The van der Waals surface area contributed by atoms with Crippen molar-refractivity contribution in [3.63, 3.8) is 0 Å². The van der Waals surface area contributed by atoms with Crippen LogP contribution in [0.3, 0.4) is 0 Å². The van der Waals surface area contributed by atoms with Crippen molar-refractivity contribution in [2.45, 2.75) is 84.6 Å². The average molecular weight is 660 g/mol. The number of hydrogen-bond acceptors (Lipinski definition) is 10. The molecule has 48 heavy (non-hydrogen) atoms. The molecule has 0 spiro atoms. The third-order valence-electron chi connectivity index (χ3n) is 8.00. The summed E-state index contributed by atoms with van der Waals surface area (Å²) in [7, 11) is 0. The largest absolute Gasteiger partial charge is 0.489 e. The van der Waals surface area contributed by atoms with Crippen LogP contribution in [0.5, 0.6) is 5.75 Å². The highest BCUT2D eigenvalue weighted by Crippen LogP contribution is 2.39. The first-order valence-corrected chi connectivity index (χ1v) is 15.8. The van der Waals surface area contributed by atoms with Crippen molar-refractivity contribution in [3.8, 4) is 5.75 Å². The first-order valence-electron chi connectivity index (χ1n) is 15.8. The predicted molar refractivity (Wildman–Crippen MR) is 175 cm³/mol. The fourth-order valence-corrected chi connectivity index (χ4v) is 6.08. The number of aliphatic hydroxyl groups excluding tert-OH is 1.